The maximum atomic E-state index is 12.9. The third kappa shape index (κ3) is 4.29. The van der Waals surface area contributed by atoms with Gasteiger partial charge in [0.15, 0.2) is 0 Å². The van der Waals surface area contributed by atoms with Crippen LogP contribution < -0.4 is 10.2 Å². The van der Waals surface area contributed by atoms with Crippen LogP contribution in [0.2, 0.25) is 0 Å². The summed E-state index contributed by atoms with van der Waals surface area (Å²) < 4.78 is 0. The van der Waals surface area contributed by atoms with E-state index in [1.807, 2.05) is 12.1 Å². The number of hydrogen-bond donors (Lipinski definition) is 1. The molecule has 1 N–H and O–H groups in total. The number of carbonyl (C=O) groups excluding carboxylic acids is 1. The smallest absolute Gasteiger partial charge is 0.254 e. The highest BCUT2D eigenvalue weighted by Crippen LogP contribution is 2.31. The molecular formula is C26H34N4O. The van der Waals surface area contributed by atoms with Gasteiger partial charge in [-0.3, -0.25) is 4.79 Å². The van der Waals surface area contributed by atoms with Crippen molar-refractivity contribution in [2.24, 2.45) is 5.92 Å². The molecule has 0 radical (unpaired) electrons. The molecule has 0 atom stereocenters. The van der Waals surface area contributed by atoms with E-state index < -0.39 is 0 Å². The van der Waals surface area contributed by atoms with Crippen LogP contribution in [-0.2, 0) is 6.54 Å². The number of fused-ring (bicyclic) bond motifs is 1. The van der Waals surface area contributed by atoms with Crippen molar-refractivity contribution in [3.63, 3.8) is 0 Å². The van der Waals surface area contributed by atoms with Gasteiger partial charge in [0, 0.05) is 48.3 Å². The Labute approximate surface area is 186 Å². The van der Waals surface area contributed by atoms with Gasteiger partial charge in [-0.2, -0.15) is 0 Å². The van der Waals surface area contributed by atoms with E-state index in [1.54, 1.807) is 0 Å². The maximum Gasteiger partial charge on any atom is 0.254 e. The van der Waals surface area contributed by atoms with Gasteiger partial charge in [0.1, 0.15) is 0 Å². The summed E-state index contributed by atoms with van der Waals surface area (Å²) in [7, 11) is 2.16. The molecule has 2 saturated heterocycles. The minimum absolute atomic E-state index is 0.205. The molecule has 3 aliphatic heterocycles. The van der Waals surface area contributed by atoms with Crippen LogP contribution in [0.15, 0.2) is 42.5 Å². The molecule has 0 unspecified atom stereocenters. The Kier molecular flexibility index (Phi) is 5.61. The molecule has 5 nitrogen and oxygen atoms in total. The van der Waals surface area contributed by atoms with E-state index in [0.29, 0.717) is 6.04 Å². The lowest BCUT2D eigenvalue weighted by Crippen LogP contribution is -2.43. The molecule has 2 fully saturated rings. The first kappa shape index (κ1) is 20.4. The standard InChI is InChI=1S/C26H34N4O/c1-19-9-15-29(16-10-19)23-6-3-21(4-7-23)27-22-5-8-25-20(17-22)18-30(26(25)31)24-11-13-28(2)14-12-24/h3-8,17,19,24,27H,9-16,18H2,1-2H3. The largest absolute Gasteiger partial charge is 0.372 e. The summed E-state index contributed by atoms with van der Waals surface area (Å²) >= 11 is 0. The molecule has 2 aromatic rings. The van der Waals surface area contributed by atoms with Gasteiger partial charge in [-0.25, -0.2) is 0 Å². The molecule has 0 bridgehead atoms. The van der Waals surface area contributed by atoms with Crippen molar-refractivity contribution >= 4 is 23.0 Å². The quantitative estimate of drug-likeness (QED) is 0.780. The predicted octanol–water partition coefficient (Wildman–Crippen LogP) is 4.72. The Hall–Kier alpha value is -2.53. The minimum atomic E-state index is 0.205. The number of nitrogens with zero attached hydrogens (tertiary/aromatic N) is 3. The van der Waals surface area contributed by atoms with Gasteiger partial charge < -0.3 is 20.0 Å². The number of carbonyl (C=O) groups is 1. The van der Waals surface area contributed by atoms with Gasteiger partial charge in [0.25, 0.3) is 5.91 Å². The summed E-state index contributed by atoms with van der Waals surface area (Å²) in [4.78, 5) is 19.9. The third-order valence-electron chi connectivity index (χ3n) is 7.37. The second-order valence-corrected chi connectivity index (χ2v) is 9.68. The zero-order valence-electron chi connectivity index (χ0n) is 18.8. The van der Waals surface area contributed by atoms with Crippen LogP contribution in [0.25, 0.3) is 0 Å². The van der Waals surface area contributed by atoms with Gasteiger partial charge in [0.05, 0.1) is 0 Å². The monoisotopic (exact) mass is 418 g/mol. The van der Waals surface area contributed by atoms with Crippen molar-refractivity contribution in [1.82, 2.24) is 9.80 Å². The van der Waals surface area contributed by atoms with E-state index in [9.17, 15) is 4.79 Å². The van der Waals surface area contributed by atoms with Crippen molar-refractivity contribution in [2.45, 2.75) is 45.2 Å². The van der Waals surface area contributed by atoms with Crippen molar-refractivity contribution in [2.75, 3.05) is 43.4 Å². The van der Waals surface area contributed by atoms with Crippen molar-refractivity contribution in [3.05, 3.63) is 53.6 Å². The molecule has 5 heteroatoms. The van der Waals surface area contributed by atoms with E-state index in [-0.39, 0.29) is 5.91 Å². The van der Waals surface area contributed by atoms with Crippen LogP contribution in [0.5, 0.6) is 0 Å². The highest BCUT2D eigenvalue weighted by Gasteiger charge is 2.34. The molecule has 31 heavy (non-hydrogen) atoms. The Morgan fingerprint density at radius 1 is 0.871 bits per heavy atom. The zero-order chi connectivity index (χ0) is 21.4. The SMILES string of the molecule is CC1CCN(c2ccc(Nc3ccc4c(c3)CN(C3CCN(C)CC3)C4=O)cc2)CC1. The average Bonchev–Trinajstić information content (AvgIpc) is 3.11. The van der Waals surface area contributed by atoms with Gasteiger partial charge in [-0.15, -0.1) is 0 Å². The predicted molar refractivity (Wildman–Crippen MR) is 127 cm³/mol. The number of anilines is 3. The molecule has 0 spiro atoms. The lowest BCUT2D eigenvalue weighted by molar-refractivity contribution is 0.0617. The summed E-state index contributed by atoms with van der Waals surface area (Å²) in [6.07, 6.45) is 4.71. The Balaban J connectivity index is 1.24. The first-order chi connectivity index (χ1) is 15.1. The first-order valence-electron chi connectivity index (χ1n) is 11.8. The molecule has 0 saturated carbocycles. The molecule has 1 amide bonds. The van der Waals surface area contributed by atoms with Gasteiger partial charge in [-0.1, -0.05) is 6.92 Å². The highest BCUT2D eigenvalue weighted by atomic mass is 16.2. The second-order valence-electron chi connectivity index (χ2n) is 9.68. The number of rotatable bonds is 4. The minimum Gasteiger partial charge on any atom is -0.372 e. The fourth-order valence-electron chi connectivity index (χ4n) is 5.21. The number of piperidine rings is 2. The summed E-state index contributed by atoms with van der Waals surface area (Å²) in [5.41, 5.74) is 5.47. The molecule has 0 aliphatic carbocycles. The number of hydrogen-bond acceptors (Lipinski definition) is 4. The molecule has 3 aliphatic rings. The topological polar surface area (TPSA) is 38.8 Å². The summed E-state index contributed by atoms with van der Waals surface area (Å²) in [5.74, 6) is 1.05. The zero-order valence-corrected chi connectivity index (χ0v) is 18.8. The summed E-state index contributed by atoms with van der Waals surface area (Å²) in [5, 5.41) is 3.53. The fraction of sp³-hybridized carbons (Fsp3) is 0.500. The van der Waals surface area contributed by atoms with Crippen LogP contribution in [0, 0.1) is 5.92 Å². The van der Waals surface area contributed by atoms with Crippen LogP contribution >= 0.6 is 0 Å². The first-order valence-corrected chi connectivity index (χ1v) is 11.8. The number of benzene rings is 2. The van der Waals surface area contributed by atoms with E-state index in [2.05, 4.69) is 64.3 Å². The Morgan fingerprint density at radius 2 is 1.55 bits per heavy atom. The molecule has 5 rings (SSSR count). The van der Waals surface area contributed by atoms with E-state index in [4.69, 9.17) is 0 Å². The van der Waals surface area contributed by atoms with Crippen molar-refractivity contribution in [1.29, 1.82) is 0 Å². The van der Waals surface area contributed by atoms with Crippen LogP contribution in [0.3, 0.4) is 0 Å². The molecule has 0 aromatic heterocycles. The Morgan fingerprint density at radius 3 is 2.26 bits per heavy atom. The fourth-order valence-corrected chi connectivity index (χ4v) is 5.21. The maximum absolute atomic E-state index is 12.9. The van der Waals surface area contributed by atoms with Crippen LogP contribution in [0.4, 0.5) is 17.1 Å². The average molecular weight is 419 g/mol. The van der Waals surface area contributed by atoms with Crippen LogP contribution in [-0.4, -0.2) is 55.0 Å². The van der Waals surface area contributed by atoms with Gasteiger partial charge >= 0.3 is 0 Å². The lowest BCUT2D eigenvalue weighted by Gasteiger charge is -2.34. The summed E-state index contributed by atoms with van der Waals surface area (Å²) in [6.45, 7) is 7.54. The third-order valence-corrected chi connectivity index (χ3v) is 7.37. The summed E-state index contributed by atoms with van der Waals surface area (Å²) in [6, 6.07) is 15.3. The molecule has 2 aromatic carbocycles. The second kappa shape index (κ2) is 8.54. The van der Waals surface area contributed by atoms with Crippen molar-refractivity contribution < 1.29 is 4.79 Å². The number of likely N-dealkylation sites (tertiary alicyclic amines) is 1. The van der Waals surface area contributed by atoms with Crippen LogP contribution in [0.1, 0.15) is 48.5 Å². The van der Waals surface area contributed by atoms with Crippen molar-refractivity contribution in [3.8, 4) is 0 Å². The van der Waals surface area contributed by atoms with E-state index in [1.165, 1.54) is 18.5 Å². The van der Waals surface area contributed by atoms with Gasteiger partial charge in [0.2, 0.25) is 0 Å². The van der Waals surface area contributed by atoms with E-state index in [0.717, 1.165) is 74.0 Å². The highest BCUT2D eigenvalue weighted by molar-refractivity contribution is 5.99. The number of amides is 1. The number of nitrogens with one attached hydrogen (secondary N) is 1. The molecule has 3 heterocycles. The van der Waals surface area contributed by atoms with Gasteiger partial charge in [-0.05, 0) is 99.8 Å². The normalized spacial score (nSPS) is 20.9. The molecular weight excluding hydrogens is 384 g/mol. The van der Waals surface area contributed by atoms with E-state index >= 15 is 0 Å². The Bertz CT molecular complexity index is 925. The lowest BCUT2D eigenvalue weighted by atomic mass is 9.99. The molecule has 164 valence electrons.